The van der Waals surface area contributed by atoms with Crippen LogP contribution in [0.15, 0.2) is 23.9 Å². The molecule has 0 saturated heterocycles. The van der Waals surface area contributed by atoms with E-state index in [1.807, 2.05) is 5.01 Å². The minimum Gasteiger partial charge on any atom is -0.255 e. The first-order valence-electron chi connectivity index (χ1n) is 2.72. The standard InChI is InChI=1S/C6H10N2/c1-6-4-2-3-5-8(6)7/h2-4H,5,7H2,1H3/p+1. The molecule has 0 atom stereocenters. The second kappa shape index (κ2) is 2.01. The zero-order chi connectivity index (χ0) is 5.98. The Morgan fingerprint density at radius 1 is 1.75 bits per heavy atom. The number of allylic oxidation sites excluding steroid dienone is 3. The highest BCUT2D eigenvalue weighted by molar-refractivity contribution is 5.13. The molecule has 2 heteroatoms. The van der Waals surface area contributed by atoms with Crippen LogP contribution in [0.3, 0.4) is 0 Å². The van der Waals surface area contributed by atoms with Gasteiger partial charge in [0.15, 0.2) is 0 Å². The van der Waals surface area contributed by atoms with Crippen LogP contribution in [0.4, 0.5) is 0 Å². The van der Waals surface area contributed by atoms with Crippen LogP contribution in [0, 0.1) is 0 Å². The summed E-state index contributed by atoms with van der Waals surface area (Å²) in [4.78, 5) is 0. The van der Waals surface area contributed by atoms with Gasteiger partial charge in [-0.1, -0.05) is 12.2 Å². The molecule has 0 fully saturated rings. The molecule has 1 aliphatic heterocycles. The second-order valence-electron chi connectivity index (χ2n) is 1.96. The van der Waals surface area contributed by atoms with Gasteiger partial charge in [0.25, 0.3) is 0 Å². The molecule has 0 aliphatic carbocycles. The third-order valence-electron chi connectivity index (χ3n) is 1.30. The van der Waals surface area contributed by atoms with Gasteiger partial charge in [-0.25, -0.2) is 5.01 Å². The molecule has 0 saturated carbocycles. The fourth-order valence-electron chi connectivity index (χ4n) is 0.645. The van der Waals surface area contributed by atoms with Crippen molar-refractivity contribution in [2.75, 3.05) is 6.54 Å². The highest BCUT2D eigenvalue weighted by Gasteiger charge is 2.00. The first kappa shape index (κ1) is 5.38. The Hall–Kier alpha value is -0.760. The Balaban J connectivity index is 2.66. The van der Waals surface area contributed by atoms with Crippen molar-refractivity contribution < 1.29 is 5.84 Å². The summed E-state index contributed by atoms with van der Waals surface area (Å²) in [5.41, 5.74) is 1.23. The van der Waals surface area contributed by atoms with E-state index in [2.05, 4.69) is 31.0 Å². The number of rotatable bonds is 0. The normalized spacial score (nSPS) is 18.8. The molecule has 8 heavy (non-hydrogen) atoms. The van der Waals surface area contributed by atoms with E-state index in [-0.39, 0.29) is 0 Å². The van der Waals surface area contributed by atoms with E-state index in [1.54, 1.807) is 0 Å². The average molecular weight is 111 g/mol. The van der Waals surface area contributed by atoms with Crippen molar-refractivity contribution in [1.29, 1.82) is 0 Å². The molecule has 0 aromatic rings. The van der Waals surface area contributed by atoms with Crippen LogP contribution < -0.4 is 5.84 Å². The summed E-state index contributed by atoms with van der Waals surface area (Å²) >= 11 is 0. The van der Waals surface area contributed by atoms with Gasteiger partial charge >= 0.3 is 0 Å². The SMILES string of the molecule is CC1=CC=CCN1[NH3+]. The highest BCUT2D eigenvalue weighted by Crippen LogP contribution is 2.00. The van der Waals surface area contributed by atoms with Crippen LogP contribution in [0.2, 0.25) is 0 Å². The zero-order valence-electron chi connectivity index (χ0n) is 5.09. The molecule has 44 valence electrons. The lowest BCUT2D eigenvalue weighted by Crippen LogP contribution is -2.66. The maximum atomic E-state index is 3.79. The molecule has 0 aromatic heterocycles. The van der Waals surface area contributed by atoms with Crippen molar-refractivity contribution >= 4 is 0 Å². The van der Waals surface area contributed by atoms with Crippen LogP contribution in [0.5, 0.6) is 0 Å². The Kier molecular flexibility index (Phi) is 1.35. The number of hydrogen-bond acceptors (Lipinski definition) is 1. The Labute approximate surface area is 49.2 Å². The number of hydrogen-bond donors (Lipinski definition) is 1. The molecule has 3 N–H and O–H groups in total. The summed E-state index contributed by atoms with van der Waals surface area (Å²) in [6, 6.07) is 0. The molecule has 0 aromatic carbocycles. The third kappa shape index (κ3) is 0.898. The lowest BCUT2D eigenvalue weighted by atomic mass is 10.3. The fraction of sp³-hybridized carbons (Fsp3) is 0.333. The summed E-state index contributed by atoms with van der Waals surface area (Å²) in [6.07, 6.45) is 6.19. The Morgan fingerprint density at radius 3 is 2.88 bits per heavy atom. The Bertz CT molecular complexity index is 135. The maximum absolute atomic E-state index is 3.79. The Morgan fingerprint density at radius 2 is 2.50 bits per heavy atom. The molecular weight excluding hydrogens is 100 g/mol. The van der Waals surface area contributed by atoms with E-state index in [0.717, 1.165) is 6.54 Å². The molecule has 2 nitrogen and oxygen atoms in total. The molecule has 0 bridgehead atoms. The van der Waals surface area contributed by atoms with E-state index in [9.17, 15) is 0 Å². The van der Waals surface area contributed by atoms with Crippen molar-refractivity contribution in [1.82, 2.24) is 5.01 Å². The van der Waals surface area contributed by atoms with Gasteiger partial charge in [-0.15, -0.1) is 0 Å². The van der Waals surface area contributed by atoms with Crippen LogP contribution in [-0.2, 0) is 0 Å². The molecular formula is C6H11N2+. The number of quaternary nitrogens is 1. The molecule has 1 rings (SSSR count). The molecule has 0 unspecified atom stereocenters. The average Bonchev–Trinajstić information content (AvgIpc) is 1.77. The summed E-state index contributed by atoms with van der Waals surface area (Å²) in [5.74, 6) is 3.79. The second-order valence-corrected chi connectivity index (χ2v) is 1.96. The minimum absolute atomic E-state index is 0.947. The lowest BCUT2D eigenvalue weighted by molar-refractivity contribution is -0.558. The van der Waals surface area contributed by atoms with E-state index in [4.69, 9.17) is 0 Å². The van der Waals surface area contributed by atoms with Crippen LogP contribution in [0.1, 0.15) is 6.92 Å². The van der Waals surface area contributed by atoms with Crippen molar-refractivity contribution in [3.63, 3.8) is 0 Å². The zero-order valence-corrected chi connectivity index (χ0v) is 5.09. The molecule has 0 spiro atoms. The van der Waals surface area contributed by atoms with Crippen molar-refractivity contribution in [3.8, 4) is 0 Å². The monoisotopic (exact) mass is 111 g/mol. The predicted molar refractivity (Wildman–Crippen MR) is 32.5 cm³/mol. The molecule has 1 aliphatic rings. The highest BCUT2D eigenvalue weighted by atomic mass is 15.4. The van der Waals surface area contributed by atoms with E-state index in [1.165, 1.54) is 5.70 Å². The van der Waals surface area contributed by atoms with Crippen LogP contribution >= 0.6 is 0 Å². The lowest BCUT2D eigenvalue weighted by Gasteiger charge is -2.14. The van der Waals surface area contributed by atoms with Crippen molar-refractivity contribution in [3.05, 3.63) is 23.9 Å². The van der Waals surface area contributed by atoms with Gasteiger partial charge < -0.3 is 0 Å². The summed E-state index contributed by atoms with van der Waals surface area (Å²) < 4.78 is 0. The summed E-state index contributed by atoms with van der Waals surface area (Å²) in [6.45, 7) is 3.00. The van der Waals surface area contributed by atoms with Gasteiger partial charge in [-0.3, -0.25) is 5.84 Å². The van der Waals surface area contributed by atoms with E-state index < -0.39 is 0 Å². The first-order chi connectivity index (χ1) is 3.80. The summed E-state index contributed by atoms with van der Waals surface area (Å²) in [7, 11) is 0. The van der Waals surface area contributed by atoms with Gasteiger partial charge in [0.1, 0.15) is 0 Å². The molecule has 0 amide bonds. The minimum atomic E-state index is 0.947. The van der Waals surface area contributed by atoms with Gasteiger partial charge in [0.05, 0.1) is 12.2 Å². The first-order valence-corrected chi connectivity index (χ1v) is 2.72. The van der Waals surface area contributed by atoms with Gasteiger partial charge in [0, 0.05) is 0 Å². The van der Waals surface area contributed by atoms with Crippen molar-refractivity contribution in [2.24, 2.45) is 0 Å². The predicted octanol–water partition coefficient (Wildman–Crippen LogP) is -0.0811. The van der Waals surface area contributed by atoms with Gasteiger partial charge in [-0.2, -0.15) is 0 Å². The van der Waals surface area contributed by atoms with Crippen LogP contribution in [0.25, 0.3) is 0 Å². The molecule has 0 radical (unpaired) electrons. The van der Waals surface area contributed by atoms with E-state index >= 15 is 0 Å². The summed E-state index contributed by atoms with van der Waals surface area (Å²) in [5, 5.41) is 1.96. The fourth-order valence-corrected chi connectivity index (χ4v) is 0.645. The largest absolute Gasteiger partial charge is 0.255 e. The third-order valence-corrected chi connectivity index (χ3v) is 1.30. The number of nitrogens with zero attached hydrogens (tertiary/aromatic N) is 1. The quantitative estimate of drug-likeness (QED) is 0.465. The van der Waals surface area contributed by atoms with E-state index in [0.29, 0.717) is 0 Å². The molecule has 1 heterocycles. The van der Waals surface area contributed by atoms with Crippen LogP contribution in [-0.4, -0.2) is 11.6 Å². The topological polar surface area (TPSA) is 30.9 Å². The smallest absolute Gasteiger partial charge is 0.0859 e. The maximum Gasteiger partial charge on any atom is 0.0859 e. The van der Waals surface area contributed by atoms with Crippen molar-refractivity contribution in [2.45, 2.75) is 6.92 Å². The van der Waals surface area contributed by atoms with Gasteiger partial charge in [0.2, 0.25) is 0 Å². The van der Waals surface area contributed by atoms with Gasteiger partial charge in [-0.05, 0) is 13.0 Å².